The zero-order valence-corrected chi connectivity index (χ0v) is 16.6. The third kappa shape index (κ3) is 4.18. The number of hydrogen-bond donors (Lipinski definition) is 2. The molecule has 0 bridgehead atoms. The van der Waals surface area contributed by atoms with Gasteiger partial charge in [0.2, 0.25) is 5.91 Å². The Balaban J connectivity index is 1.51. The molecule has 0 saturated carbocycles. The Bertz CT molecular complexity index is 1250. The van der Waals surface area contributed by atoms with E-state index >= 15 is 0 Å². The number of carbonyl (C=O) groups excluding carboxylic acids is 1. The van der Waals surface area contributed by atoms with E-state index in [2.05, 4.69) is 20.4 Å². The molecule has 2 heterocycles. The summed E-state index contributed by atoms with van der Waals surface area (Å²) in [6.45, 7) is 0. The molecule has 2 N–H and O–H groups in total. The van der Waals surface area contributed by atoms with Gasteiger partial charge in [-0.1, -0.05) is 11.8 Å². The van der Waals surface area contributed by atoms with Crippen molar-refractivity contribution in [3.8, 4) is 11.4 Å². The largest absolute Gasteiger partial charge is 0.497 e. The molecule has 2 aromatic heterocycles. The van der Waals surface area contributed by atoms with Crippen molar-refractivity contribution in [3.05, 3.63) is 70.9 Å². The highest BCUT2D eigenvalue weighted by atomic mass is 32.2. The van der Waals surface area contributed by atoms with E-state index in [4.69, 9.17) is 4.74 Å². The van der Waals surface area contributed by atoms with Crippen LogP contribution >= 0.6 is 11.8 Å². The number of nitrogens with zero attached hydrogens (tertiary/aromatic N) is 3. The number of aromatic nitrogens is 4. The van der Waals surface area contributed by atoms with Gasteiger partial charge in [-0.15, -0.1) is 0 Å². The van der Waals surface area contributed by atoms with Gasteiger partial charge in [0, 0.05) is 5.69 Å². The fourth-order valence-electron chi connectivity index (χ4n) is 2.74. The SMILES string of the molecule is COc1ccc(NC(=O)CSc2nc3c(cnn3-c3ccc(F)cc3)c(=O)[nH]2)cc1. The first-order valence-electron chi connectivity index (χ1n) is 8.84. The van der Waals surface area contributed by atoms with Gasteiger partial charge in [0.05, 0.1) is 24.7 Å². The van der Waals surface area contributed by atoms with E-state index in [1.165, 1.54) is 23.0 Å². The summed E-state index contributed by atoms with van der Waals surface area (Å²) in [5.41, 5.74) is 1.15. The van der Waals surface area contributed by atoms with Crippen molar-refractivity contribution in [2.24, 2.45) is 0 Å². The number of aromatic amines is 1. The Labute approximate surface area is 174 Å². The van der Waals surface area contributed by atoms with Crippen LogP contribution in [0.15, 0.2) is 64.7 Å². The molecule has 2 aromatic carbocycles. The number of rotatable bonds is 6. The highest BCUT2D eigenvalue weighted by molar-refractivity contribution is 7.99. The van der Waals surface area contributed by atoms with Crippen LogP contribution in [-0.4, -0.2) is 38.5 Å². The van der Waals surface area contributed by atoms with Crippen LogP contribution in [0.25, 0.3) is 16.7 Å². The van der Waals surface area contributed by atoms with E-state index in [1.807, 2.05) is 0 Å². The van der Waals surface area contributed by atoms with E-state index in [1.54, 1.807) is 43.5 Å². The summed E-state index contributed by atoms with van der Waals surface area (Å²) in [7, 11) is 1.57. The van der Waals surface area contributed by atoms with Gasteiger partial charge in [0.1, 0.15) is 17.0 Å². The fraction of sp³-hybridized carbons (Fsp3) is 0.100. The lowest BCUT2D eigenvalue weighted by Crippen LogP contribution is -2.15. The summed E-state index contributed by atoms with van der Waals surface area (Å²) in [4.78, 5) is 31.6. The van der Waals surface area contributed by atoms with Crippen molar-refractivity contribution in [3.63, 3.8) is 0 Å². The molecular formula is C20H16FN5O3S. The molecule has 0 aliphatic carbocycles. The molecule has 4 aromatic rings. The Morgan fingerprint density at radius 3 is 2.63 bits per heavy atom. The molecule has 0 atom stereocenters. The summed E-state index contributed by atoms with van der Waals surface area (Å²) in [5, 5.41) is 7.52. The zero-order chi connectivity index (χ0) is 21.1. The molecule has 0 aliphatic heterocycles. The molecule has 8 nitrogen and oxygen atoms in total. The first-order valence-corrected chi connectivity index (χ1v) is 9.83. The molecular weight excluding hydrogens is 409 g/mol. The second-order valence-electron chi connectivity index (χ2n) is 6.21. The van der Waals surface area contributed by atoms with Gasteiger partial charge in [-0.25, -0.2) is 14.1 Å². The van der Waals surface area contributed by atoms with Crippen molar-refractivity contribution in [1.82, 2.24) is 19.7 Å². The monoisotopic (exact) mass is 425 g/mol. The average Bonchev–Trinajstić information content (AvgIpc) is 3.18. The van der Waals surface area contributed by atoms with Crippen LogP contribution in [0.1, 0.15) is 0 Å². The van der Waals surface area contributed by atoms with Crippen LogP contribution in [-0.2, 0) is 4.79 Å². The molecule has 0 radical (unpaired) electrons. The van der Waals surface area contributed by atoms with E-state index in [9.17, 15) is 14.0 Å². The van der Waals surface area contributed by atoms with Crippen molar-refractivity contribution >= 4 is 34.4 Å². The predicted octanol–water partition coefficient (Wildman–Crippen LogP) is 2.99. The highest BCUT2D eigenvalue weighted by Crippen LogP contribution is 2.19. The molecule has 0 aliphatic rings. The molecule has 0 spiro atoms. The average molecular weight is 425 g/mol. The van der Waals surface area contributed by atoms with Crippen molar-refractivity contribution in [1.29, 1.82) is 0 Å². The molecule has 0 unspecified atom stereocenters. The molecule has 0 saturated heterocycles. The number of hydrogen-bond acceptors (Lipinski definition) is 6. The molecule has 152 valence electrons. The summed E-state index contributed by atoms with van der Waals surface area (Å²) in [5.74, 6) is 0.112. The highest BCUT2D eigenvalue weighted by Gasteiger charge is 2.13. The molecule has 0 fully saturated rings. The minimum atomic E-state index is -0.375. The fourth-order valence-corrected chi connectivity index (χ4v) is 3.40. The first-order chi connectivity index (χ1) is 14.5. The van der Waals surface area contributed by atoms with Crippen LogP contribution in [0.4, 0.5) is 10.1 Å². The Morgan fingerprint density at radius 2 is 1.93 bits per heavy atom. The predicted molar refractivity (Wildman–Crippen MR) is 112 cm³/mol. The lowest BCUT2D eigenvalue weighted by Gasteiger charge is -2.07. The number of halogens is 1. The first kappa shape index (κ1) is 19.6. The lowest BCUT2D eigenvalue weighted by atomic mass is 10.3. The number of nitrogens with one attached hydrogen (secondary N) is 2. The van der Waals surface area contributed by atoms with Crippen LogP contribution in [0, 0.1) is 5.82 Å². The smallest absolute Gasteiger partial charge is 0.262 e. The number of carbonyl (C=O) groups is 1. The van der Waals surface area contributed by atoms with Crippen LogP contribution in [0.5, 0.6) is 5.75 Å². The van der Waals surface area contributed by atoms with Crippen LogP contribution in [0.3, 0.4) is 0 Å². The van der Waals surface area contributed by atoms with Crippen molar-refractivity contribution in [2.45, 2.75) is 5.16 Å². The topological polar surface area (TPSA) is 102 Å². The Morgan fingerprint density at radius 1 is 1.20 bits per heavy atom. The van der Waals surface area contributed by atoms with Crippen LogP contribution in [0.2, 0.25) is 0 Å². The van der Waals surface area contributed by atoms with E-state index in [0.29, 0.717) is 28.2 Å². The van der Waals surface area contributed by atoms with Gasteiger partial charge in [0.25, 0.3) is 5.56 Å². The second kappa shape index (κ2) is 8.37. The third-order valence-corrected chi connectivity index (χ3v) is 5.07. The minimum Gasteiger partial charge on any atom is -0.497 e. The maximum absolute atomic E-state index is 13.2. The third-order valence-electron chi connectivity index (χ3n) is 4.20. The lowest BCUT2D eigenvalue weighted by molar-refractivity contribution is -0.113. The van der Waals surface area contributed by atoms with Crippen molar-refractivity contribution < 1.29 is 13.9 Å². The number of amides is 1. The van der Waals surface area contributed by atoms with Crippen LogP contribution < -0.4 is 15.6 Å². The molecule has 1 amide bonds. The summed E-state index contributed by atoms with van der Waals surface area (Å²) in [6.07, 6.45) is 1.40. The van der Waals surface area contributed by atoms with Gasteiger partial charge >= 0.3 is 0 Å². The number of thioether (sulfide) groups is 1. The van der Waals surface area contributed by atoms with Gasteiger partial charge in [0.15, 0.2) is 10.8 Å². The maximum Gasteiger partial charge on any atom is 0.262 e. The standard InChI is InChI=1S/C20H16FN5O3S/c1-29-15-8-4-13(5-9-15)23-17(27)11-30-20-24-18-16(19(28)25-20)10-22-26(18)14-6-2-12(21)3-7-14/h2-10H,11H2,1H3,(H,23,27)(H,24,25,28). The van der Waals surface area contributed by atoms with E-state index in [0.717, 1.165) is 11.8 Å². The van der Waals surface area contributed by atoms with Gasteiger partial charge in [-0.05, 0) is 48.5 Å². The zero-order valence-electron chi connectivity index (χ0n) is 15.8. The minimum absolute atomic E-state index is 0.0468. The second-order valence-corrected chi connectivity index (χ2v) is 7.17. The van der Waals surface area contributed by atoms with Gasteiger partial charge in [-0.2, -0.15) is 5.10 Å². The number of fused-ring (bicyclic) bond motifs is 1. The van der Waals surface area contributed by atoms with E-state index in [-0.39, 0.29) is 28.2 Å². The molecule has 30 heavy (non-hydrogen) atoms. The van der Waals surface area contributed by atoms with Crippen molar-refractivity contribution in [2.75, 3.05) is 18.2 Å². The number of anilines is 1. The summed E-state index contributed by atoms with van der Waals surface area (Å²) in [6, 6.07) is 12.6. The van der Waals surface area contributed by atoms with Gasteiger partial charge in [-0.3, -0.25) is 9.59 Å². The molecule has 10 heteroatoms. The van der Waals surface area contributed by atoms with Gasteiger partial charge < -0.3 is 15.0 Å². The number of benzene rings is 2. The Hall–Kier alpha value is -3.66. The summed E-state index contributed by atoms with van der Waals surface area (Å²) >= 11 is 1.09. The number of ether oxygens (including phenoxy) is 1. The number of methoxy groups -OCH3 is 1. The molecule has 4 rings (SSSR count). The number of H-pyrrole nitrogens is 1. The summed E-state index contributed by atoms with van der Waals surface area (Å²) < 4.78 is 19.7. The normalized spacial score (nSPS) is 10.9. The maximum atomic E-state index is 13.2. The van der Waals surface area contributed by atoms with E-state index < -0.39 is 0 Å². The quantitative estimate of drug-likeness (QED) is 0.364. The Kier molecular flexibility index (Phi) is 5.48.